The number of nitrogens with one attached hydrogen (secondary N) is 1. The van der Waals surface area contributed by atoms with E-state index in [-0.39, 0.29) is 5.54 Å². The number of rotatable bonds is 4. The zero-order valence-corrected chi connectivity index (χ0v) is 12.5. The van der Waals surface area contributed by atoms with Gasteiger partial charge in [-0.05, 0) is 37.3 Å². The Hall–Kier alpha value is -0.900. The van der Waals surface area contributed by atoms with Gasteiger partial charge in [0.15, 0.2) is 0 Å². The molecule has 0 aliphatic carbocycles. The zero-order valence-electron chi connectivity index (χ0n) is 12.5. The van der Waals surface area contributed by atoms with Crippen LogP contribution in [-0.2, 0) is 16.7 Å². The van der Waals surface area contributed by atoms with Crippen LogP contribution in [0.4, 0.5) is 0 Å². The summed E-state index contributed by atoms with van der Waals surface area (Å²) in [5.41, 5.74) is 3.33. The lowest BCUT2D eigenvalue weighted by Crippen LogP contribution is -2.54. The van der Waals surface area contributed by atoms with Gasteiger partial charge in [-0.2, -0.15) is 0 Å². The third kappa shape index (κ3) is 2.76. The first-order chi connectivity index (χ1) is 9.84. The van der Waals surface area contributed by atoms with Gasteiger partial charge in [-0.1, -0.05) is 24.3 Å². The van der Waals surface area contributed by atoms with E-state index in [0.717, 1.165) is 26.3 Å². The highest BCUT2D eigenvalue weighted by molar-refractivity contribution is 5.36. The molecule has 1 fully saturated rings. The Labute approximate surface area is 122 Å². The Morgan fingerprint density at radius 2 is 2.05 bits per heavy atom. The molecule has 3 heteroatoms. The lowest BCUT2D eigenvalue weighted by atomic mass is 9.76. The van der Waals surface area contributed by atoms with E-state index in [2.05, 4.69) is 41.4 Å². The minimum Gasteiger partial charge on any atom is -0.380 e. The van der Waals surface area contributed by atoms with Crippen molar-refractivity contribution in [1.82, 2.24) is 10.2 Å². The number of hydrogen-bond acceptors (Lipinski definition) is 3. The van der Waals surface area contributed by atoms with E-state index in [1.807, 2.05) is 0 Å². The lowest BCUT2D eigenvalue weighted by molar-refractivity contribution is 0.0790. The fourth-order valence-corrected chi connectivity index (χ4v) is 3.68. The van der Waals surface area contributed by atoms with Gasteiger partial charge in [-0.3, -0.25) is 0 Å². The Bertz CT molecular complexity index is 438. The summed E-state index contributed by atoms with van der Waals surface area (Å²) in [5, 5.41) is 3.82. The number of benzene rings is 1. The third-order valence-electron chi connectivity index (χ3n) is 4.86. The van der Waals surface area contributed by atoms with Crippen molar-refractivity contribution in [2.45, 2.75) is 31.7 Å². The number of ether oxygens (including phenoxy) is 1. The Balaban J connectivity index is 1.65. The van der Waals surface area contributed by atoms with Crippen molar-refractivity contribution >= 4 is 0 Å². The molecule has 2 heterocycles. The summed E-state index contributed by atoms with van der Waals surface area (Å²) in [6.07, 6.45) is 3.61. The molecule has 0 atom stereocenters. The molecule has 1 spiro atoms. The summed E-state index contributed by atoms with van der Waals surface area (Å²) in [6.45, 7) is 8.30. The molecule has 0 amide bonds. The van der Waals surface area contributed by atoms with E-state index >= 15 is 0 Å². The highest BCUT2D eigenvalue weighted by atomic mass is 16.5. The highest BCUT2D eigenvalue weighted by Crippen LogP contribution is 2.37. The maximum Gasteiger partial charge on any atom is 0.0593 e. The van der Waals surface area contributed by atoms with Gasteiger partial charge < -0.3 is 15.0 Å². The van der Waals surface area contributed by atoms with Crippen molar-refractivity contribution in [2.75, 3.05) is 39.4 Å². The van der Waals surface area contributed by atoms with Gasteiger partial charge in [-0.25, -0.2) is 0 Å². The van der Waals surface area contributed by atoms with Crippen molar-refractivity contribution in [1.29, 1.82) is 0 Å². The molecular formula is C17H26N2O. The first kappa shape index (κ1) is 14.1. The van der Waals surface area contributed by atoms with Crippen LogP contribution in [0.1, 0.15) is 30.9 Å². The molecule has 0 radical (unpaired) electrons. The molecule has 2 aliphatic heterocycles. The Kier molecular flexibility index (Phi) is 4.39. The molecule has 1 aromatic rings. The van der Waals surface area contributed by atoms with Crippen molar-refractivity contribution in [2.24, 2.45) is 0 Å². The maximum absolute atomic E-state index is 5.47. The molecule has 2 aliphatic rings. The SMILES string of the molecule is CCOCCN1CCC2(CC1)NCCc1ccccc12. The lowest BCUT2D eigenvalue weighted by Gasteiger charge is -2.46. The topological polar surface area (TPSA) is 24.5 Å². The molecule has 0 aromatic heterocycles. The van der Waals surface area contributed by atoms with Crippen molar-refractivity contribution in [3.63, 3.8) is 0 Å². The molecular weight excluding hydrogens is 248 g/mol. The molecule has 3 nitrogen and oxygen atoms in total. The fraction of sp³-hybridized carbons (Fsp3) is 0.647. The predicted molar refractivity (Wildman–Crippen MR) is 82.0 cm³/mol. The van der Waals surface area contributed by atoms with Crippen molar-refractivity contribution < 1.29 is 4.74 Å². The van der Waals surface area contributed by atoms with Crippen LogP contribution >= 0.6 is 0 Å². The Morgan fingerprint density at radius 1 is 1.25 bits per heavy atom. The second kappa shape index (κ2) is 6.25. The van der Waals surface area contributed by atoms with Gasteiger partial charge in [0, 0.05) is 38.3 Å². The minimum absolute atomic E-state index is 0.233. The van der Waals surface area contributed by atoms with Crippen molar-refractivity contribution in [3.8, 4) is 0 Å². The molecule has 0 bridgehead atoms. The monoisotopic (exact) mass is 274 g/mol. The van der Waals surface area contributed by atoms with Gasteiger partial charge >= 0.3 is 0 Å². The zero-order chi connectivity index (χ0) is 13.8. The Morgan fingerprint density at radius 3 is 2.85 bits per heavy atom. The van der Waals surface area contributed by atoms with E-state index < -0.39 is 0 Å². The van der Waals surface area contributed by atoms with Gasteiger partial charge in [0.2, 0.25) is 0 Å². The van der Waals surface area contributed by atoms with E-state index in [0.29, 0.717) is 0 Å². The van der Waals surface area contributed by atoms with E-state index in [4.69, 9.17) is 4.74 Å². The molecule has 1 saturated heterocycles. The number of likely N-dealkylation sites (tertiary alicyclic amines) is 1. The molecule has 1 aromatic carbocycles. The molecule has 1 N–H and O–H groups in total. The number of hydrogen-bond donors (Lipinski definition) is 1. The summed E-state index contributed by atoms with van der Waals surface area (Å²) in [4.78, 5) is 2.54. The first-order valence-electron chi connectivity index (χ1n) is 7.97. The number of piperidine rings is 1. The van der Waals surface area contributed by atoms with Crippen LogP contribution in [0.5, 0.6) is 0 Å². The normalized spacial score (nSPS) is 21.9. The van der Waals surface area contributed by atoms with Crippen molar-refractivity contribution in [3.05, 3.63) is 35.4 Å². The smallest absolute Gasteiger partial charge is 0.0593 e. The quantitative estimate of drug-likeness (QED) is 0.852. The number of fused-ring (bicyclic) bond motifs is 2. The predicted octanol–water partition coefficient (Wildman–Crippen LogP) is 2.16. The maximum atomic E-state index is 5.47. The van der Waals surface area contributed by atoms with Crippen LogP contribution in [0, 0.1) is 0 Å². The molecule has 0 saturated carbocycles. The van der Waals surface area contributed by atoms with Crippen LogP contribution in [0.3, 0.4) is 0 Å². The summed E-state index contributed by atoms with van der Waals surface area (Å²) in [7, 11) is 0. The molecule has 0 unspecified atom stereocenters. The first-order valence-corrected chi connectivity index (χ1v) is 7.97. The van der Waals surface area contributed by atoms with Gasteiger partial charge in [0.25, 0.3) is 0 Å². The summed E-state index contributed by atoms with van der Waals surface area (Å²) in [5.74, 6) is 0. The van der Waals surface area contributed by atoms with Crippen LogP contribution in [0.15, 0.2) is 24.3 Å². The van der Waals surface area contributed by atoms with Crippen LogP contribution in [0.25, 0.3) is 0 Å². The third-order valence-corrected chi connectivity index (χ3v) is 4.86. The minimum atomic E-state index is 0.233. The average Bonchev–Trinajstić information content (AvgIpc) is 2.50. The summed E-state index contributed by atoms with van der Waals surface area (Å²) >= 11 is 0. The molecule has 110 valence electrons. The second-order valence-corrected chi connectivity index (χ2v) is 5.95. The fourth-order valence-electron chi connectivity index (χ4n) is 3.68. The van der Waals surface area contributed by atoms with Gasteiger partial charge in [-0.15, -0.1) is 0 Å². The average molecular weight is 274 g/mol. The van der Waals surface area contributed by atoms with E-state index in [1.54, 1.807) is 11.1 Å². The van der Waals surface area contributed by atoms with Gasteiger partial charge in [0.05, 0.1) is 6.61 Å². The van der Waals surface area contributed by atoms with E-state index in [9.17, 15) is 0 Å². The largest absolute Gasteiger partial charge is 0.380 e. The van der Waals surface area contributed by atoms with Crippen LogP contribution < -0.4 is 5.32 Å². The van der Waals surface area contributed by atoms with Crippen LogP contribution in [0.2, 0.25) is 0 Å². The van der Waals surface area contributed by atoms with Gasteiger partial charge in [0.1, 0.15) is 0 Å². The van der Waals surface area contributed by atoms with Crippen LogP contribution in [-0.4, -0.2) is 44.3 Å². The number of nitrogens with zero attached hydrogens (tertiary/aromatic N) is 1. The van der Waals surface area contributed by atoms with E-state index in [1.165, 1.54) is 32.4 Å². The molecule has 20 heavy (non-hydrogen) atoms. The summed E-state index contributed by atoms with van der Waals surface area (Å²) in [6, 6.07) is 9.00. The second-order valence-electron chi connectivity index (χ2n) is 5.95. The standard InChI is InChI=1S/C17H26N2O/c1-2-20-14-13-19-11-8-17(9-12-19)16-6-4-3-5-15(16)7-10-18-17/h3-6,18H,2,7-14H2,1H3. The highest BCUT2D eigenvalue weighted by Gasteiger charge is 2.38. The summed E-state index contributed by atoms with van der Waals surface area (Å²) < 4.78 is 5.47. The molecule has 3 rings (SSSR count).